The van der Waals surface area contributed by atoms with Crippen LogP contribution in [-0.4, -0.2) is 23.7 Å². The molecule has 0 rings (SSSR count). The molecule has 0 spiro atoms. The fraction of sp³-hybridized carbons (Fsp3) is 0.667. The highest BCUT2D eigenvalue weighted by Crippen LogP contribution is 2.01. The Morgan fingerprint density at radius 1 is 1.75 bits per heavy atom. The van der Waals surface area contributed by atoms with Crippen molar-refractivity contribution in [1.82, 2.24) is 0 Å². The zero-order valence-electron chi connectivity index (χ0n) is 5.35. The van der Waals surface area contributed by atoms with Gasteiger partial charge in [0.15, 0.2) is 0 Å². The van der Waals surface area contributed by atoms with E-state index in [1.54, 1.807) is 11.8 Å². The van der Waals surface area contributed by atoms with E-state index in [1.807, 2.05) is 19.3 Å². The molecule has 0 heterocycles. The van der Waals surface area contributed by atoms with Crippen LogP contribution < -0.4 is 0 Å². The molecule has 0 saturated carbocycles. The number of aliphatic hydroxyl groups is 1. The van der Waals surface area contributed by atoms with Crippen LogP contribution in [0.25, 0.3) is 0 Å². The van der Waals surface area contributed by atoms with Gasteiger partial charge in [0.1, 0.15) is 0 Å². The highest BCUT2D eigenvalue weighted by atomic mass is 32.2. The molecule has 0 aromatic rings. The second-order valence-corrected chi connectivity index (χ2v) is 2.40. The van der Waals surface area contributed by atoms with Crippen molar-refractivity contribution < 1.29 is 5.11 Å². The first-order chi connectivity index (χ1) is 3.85. The predicted octanol–water partition coefficient (Wildman–Crippen LogP) is 1.29. The number of hydrogen-bond acceptors (Lipinski definition) is 2. The molecule has 0 atom stereocenters. The van der Waals surface area contributed by atoms with Crippen LogP contribution >= 0.6 is 11.8 Å². The molecular formula is C6H12OS. The van der Waals surface area contributed by atoms with E-state index in [-0.39, 0.29) is 6.61 Å². The molecule has 0 unspecified atom stereocenters. The maximum Gasteiger partial charge on any atom is 0.0649 e. The minimum absolute atomic E-state index is 0.206. The van der Waals surface area contributed by atoms with E-state index < -0.39 is 0 Å². The van der Waals surface area contributed by atoms with Gasteiger partial charge in [-0.05, 0) is 18.8 Å². The quantitative estimate of drug-likeness (QED) is 0.584. The van der Waals surface area contributed by atoms with E-state index in [4.69, 9.17) is 5.11 Å². The third kappa shape index (κ3) is 3.10. The summed E-state index contributed by atoms with van der Waals surface area (Å²) in [6.45, 7) is 2.15. The first-order valence-corrected chi connectivity index (χ1v) is 3.98. The van der Waals surface area contributed by atoms with E-state index in [1.165, 1.54) is 0 Å². The van der Waals surface area contributed by atoms with E-state index in [9.17, 15) is 0 Å². The highest BCUT2D eigenvalue weighted by molar-refractivity contribution is 7.98. The maximum atomic E-state index is 8.58. The van der Waals surface area contributed by atoms with Crippen molar-refractivity contribution in [2.24, 2.45) is 0 Å². The van der Waals surface area contributed by atoms with Gasteiger partial charge in [0.05, 0.1) is 6.61 Å². The molecule has 48 valence electrons. The molecule has 0 amide bonds. The SMILES string of the molecule is CC=C(CO)CSC. The molecule has 0 radical (unpaired) electrons. The van der Waals surface area contributed by atoms with Crippen LogP contribution in [0, 0.1) is 0 Å². The minimum atomic E-state index is 0.206. The van der Waals surface area contributed by atoms with Crippen molar-refractivity contribution in [2.45, 2.75) is 6.92 Å². The van der Waals surface area contributed by atoms with Crippen molar-refractivity contribution in [3.63, 3.8) is 0 Å². The van der Waals surface area contributed by atoms with Crippen molar-refractivity contribution in [3.8, 4) is 0 Å². The lowest BCUT2D eigenvalue weighted by molar-refractivity contribution is 0.332. The Kier molecular flexibility index (Phi) is 5.22. The average molecular weight is 132 g/mol. The van der Waals surface area contributed by atoms with Gasteiger partial charge in [-0.2, -0.15) is 11.8 Å². The van der Waals surface area contributed by atoms with Crippen LogP contribution in [0.2, 0.25) is 0 Å². The zero-order chi connectivity index (χ0) is 6.41. The summed E-state index contributed by atoms with van der Waals surface area (Å²) in [7, 11) is 0. The fourth-order valence-corrected chi connectivity index (χ4v) is 1.03. The summed E-state index contributed by atoms with van der Waals surface area (Å²) in [5.41, 5.74) is 1.11. The van der Waals surface area contributed by atoms with Crippen molar-refractivity contribution in [3.05, 3.63) is 11.6 Å². The molecule has 0 aromatic heterocycles. The molecule has 2 heteroatoms. The lowest BCUT2D eigenvalue weighted by Gasteiger charge is -1.96. The summed E-state index contributed by atoms with van der Waals surface area (Å²) in [5.74, 6) is 0.951. The average Bonchev–Trinajstić information content (AvgIpc) is 1.83. The third-order valence-corrected chi connectivity index (χ3v) is 1.60. The van der Waals surface area contributed by atoms with Crippen LogP contribution in [0.3, 0.4) is 0 Å². The van der Waals surface area contributed by atoms with Crippen LogP contribution in [0.5, 0.6) is 0 Å². The van der Waals surface area contributed by atoms with Crippen LogP contribution in [-0.2, 0) is 0 Å². The summed E-state index contributed by atoms with van der Waals surface area (Å²) in [4.78, 5) is 0. The largest absolute Gasteiger partial charge is 0.392 e. The summed E-state index contributed by atoms with van der Waals surface area (Å²) in [5, 5.41) is 8.58. The number of aliphatic hydroxyl groups excluding tert-OH is 1. The van der Waals surface area contributed by atoms with Gasteiger partial charge in [0, 0.05) is 5.75 Å². The van der Waals surface area contributed by atoms with E-state index >= 15 is 0 Å². The van der Waals surface area contributed by atoms with Gasteiger partial charge in [0.2, 0.25) is 0 Å². The summed E-state index contributed by atoms with van der Waals surface area (Å²) >= 11 is 1.73. The van der Waals surface area contributed by atoms with Gasteiger partial charge in [-0.1, -0.05) is 6.08 Å². The summed E-state index contributed by atoms with van der Waals surface area (Å²) < 4.78 is 0. The van der Waals surface area contributed by atoms with Crippen molar-refractivity contribution in [1.29, 1.82) is 0 Å². The lowest BCUT2D eigenvalue weighted by Crippen LogP contribution is -1.91. The standard InChI is InChI=1S/C6H12OS/c1-3-6(4-7)5-8-2/h3,7H,4-5H2,1-2H3. The molecule has 0 aliphatic rings. The molecule has 1 N–H and O–H groups in total. The molecule has 0 fully saturated rings. The summed E-state index contributed by atoms with van der Waals surface area (Å²) in [6, 6.07) is 0. The monoisotopic (exact) mass is 132 g/mol. The van der Waals surface area contributed by atoms with Crippen LogP contribution in [0.4, 0.5) is 0 Å². The number of rotatable bonds is 3. The van der Waals surface area contributed by atoms with Crippen molar-refractivity contribution in [2.75, 3.05) is 18.6 Å². The van der Waals surface area contributed by atoms with Gasteiger partial charge in [-0.15, -0.1) is 0 Å². The Balaban J connectivity index is 3.38. The molecule has 0 aromatic carbocycles. The number of hydrogen-bond donors (Lipinski definition) is 1. The molecule has 0 saturated heterocycles. The molecule has 0 aliphatic heterocycles. The molecule has 1 nitrogen and oxygen atoms in total. The van der Waals surface area contributed by atoms with Gasteiger partial charge < -0.3 is 5.11 Å². The second-order valence-electron chi connectivity index (χ2n) is 1.54. The smallest absolute Gasteiger partial charge is 0.0649 e. The topological polar surface area (TPSA) is 20.2 Å². The zero-order valence-corrected chi connectivity index (χ0v) is 6.16. The van der Waals surface area contributed by atoms with Crippen LogP contribution in [0.15, 0.2) is 11.6 Å². The van der Waals surface area contributed by atoms with Crippen LogP contribution in [0.1, 0.15) is 6.92 Å². The first kappa shape index (κ1) is 8.05. The van der Waals surface area contributed by atoms with Gasteiger partial charge in [-0.25, -0.2) is 0 Å². The van der Waals surface area contributed by atoms with Gasteiger partial charge in [-0.3, -0.25) is 0 Å². The first-order valence-electron chi connectivity index (χ1n) is 2.59. The Bertz CT molecular complexity index is 78.6. The van der Waals surface area contributed by atoms with Gasteiger partial charge in [0.25, 0.3) is 0 Å². The predicted molar refractivity (Wildman–Crippen MR) is 39.2 cm³/mol. The molecule has 8 heavy (non-hydrogen) atoms. The van der Waals surface area contributed by atoms with E-state index in [2.05, 4.69) is 0 Å². The molecule has 0 bridgehead atoms. The third-order valence-electron chi connectivity index (χ3n) is 0.941. The Morgan fingerprint density at radius 2 is 2.38 bits per heavy atom. The lowest BCUT2D eigenvalue weighted by atomic mass is 10.3. The molecule has 0 aliphatic carbocycles. The van der Waals surface area contributed by atoms with E-state index in [0.717, 1.165) is 11.3 Å². The fourth-order valence-electron chi connectivity index (χ4n) is 0.406. The Morgan fingerprint density at radius 3 is 2.50 bits per heavy atom. The summed E-state index contributed by atoms with van der Waals surface area (Å²) in [6.07, 6.45) is 3.98. The Hall–Kier alpha value is 0.0500. The van der Waals surface area contributed by atoms with Crippen molar-refractivity contribution >= 4 is 11.8 Å². The molecular weight excluding hydrogens is 120 g/mol. The van der Waals surface area contributed by atoms with E-state index in [0.29, 0.717) is 0 Å². The normalized spacial score (nSPS) is 12.1. The maximum absolute atomic E-state index is 8.58. The van der Waals surface area contributed by atoms with Gasteiger partial charge >= 0.3 is 0 Å². The number of allylic oxidation sites excluding steroid dienone is 1. The highest BCUT2D eigenvalue weighted by Gasteiger charge is 1.88. The second kappa shape index (κ2) is 5.19. The Labute approximate surface area is 54.8 Å². The number of thioether (sulfide) groups is 1. The minimum Gasteiger partial charge on any atom is -0.392 e.